The molecule has 0 radical (unpaired) electrons. The summed E-state index contributed by atoms with van der Waals surface area (Å²) in [5.74, 6) is -1.54. The van der Waals surface area contributed by atoms with Crippen molar-refractivity contribution in [2.45, 2.75) is 55.2 Å². The largest absolute Gasteiger partial charge is 0.448 e. The fourth-order valence-corrected chi connectivity index (χ4v) is 12.0. The molecular formula is C52H49N5O7S3. The van der Waals surface area contributed by atoms with E-state index in [0.29, 0.717) is 34.6 Å². The molecule has 0 aliphatic carbocycles. The average molecular weight is 952 g/mol. The Morgan fingerprint density at radius 1 is 0.866 bits per heavy atom. The lowest BCUT2D eigenvalue weighted by Crippen LogP contribution is -2.71. The third-order valence-electron chi connectivity index (χ3n) is 11.7. The Balaban J connectivity index is 0.977. The van der Waals surface area contributed by atoms with Gasteiger partial charge in [-0.15, -0.1) is 34.9 Å². The molecule has 342 valence electrons. The van der Waals surface area contributed by atoms with E-state index in [9.17, 15) is 14.4 Å². The summed E-state index contributed by atoms with van der Waals surface area (Å²) in [6.45, 7) is 4.32. The van der Waals surface area contributed by atoms with Crippen LogP contribution in [0.5, 0.6) is 0 Å². The minimum absolute atomic E-state index is 0.108. The van der Waals surface area contributed by atoms with E-state index in [1.54, 1.807) is 5.38 Å². The van der Waals surface area contributed by atoms with Gasteiger partial charge in [0.1, 0.15) is 35.5 Å². The van der Waals surface area contributed by atoms with E-state index in [4.69, 9.17) is 24.0 Å². The van der Waals surface area contributed by atoms with Crippen molar-refractivity contribution in [2.24, 2.45) is 5.16 Å². The smallest absolute Gasteiger partial charge is 0.356 e. The Morgan fingerprint density at radius 3 is 1.96 bits per heavy atom. The predicted octanol–water partition coefficient (Wildman–Crippen LogP) is 9.12. The highest BCUT2D eigenvalue weighted by Gasteiger charge is 2.55. The summed E-state index contributed by atoms with van der Waals surface area (Å²) in [7, 11) is 1.35. The molecule has 2 saturated heterocycles. The van der Waals surface area contributed by atoms with Gasteiger partial charge in [0, 0.05) is 21.8 Å². The Labute approximate surface area is 402 Å². The molecular weight excluding hydrogens is 903 g/mol. The van der Waals surface area contributed by atoms with Crippen molar-refractivity contribution in [3.63, 3.8) is 0 Å². The molecule has 2 fully saturated rings. The number of rotatable bonds is 16. The first kappa shape index (κ1) is 45.9. The maximum atomic E-state index is 14.7. The summed E-state index contributed by atoms with van der Waals surface area (Å²) in [5, 5.41) is 12.4. The van der Waals surface area contributed by atoms with Gasteiger partial charge >= 0.3 is 5.97 Å². The summed E-state index contributed by atoms with van der Waals surface area (Å²) in [4.78, 5) is 55.6. The van der Waals surface area contributed by atoms with Crippen molar-refractivity contribution < 1.29 is 33.4 Å². The molecule has 0 bridgehead atoms. The van der Waals surface area contributed by atoms with Gasteiger partial charge in [-0.05, 0) is 48.1 Å². The van der Waals surface area contributed by atoms with Gasteiger partial charge in [0.05, 0.1) is 12.7 Å². The first-order valence-electron chi connectivity index (χ1n) is 21.9. The second-order valence-electron chi connectivity index (χ2n) is 16.5. The predicted molar refractivity (Wildman–Crippen MR) is 263 cm³/mol. The Kier molecular flexibility index (Phi) is 13.9. The van der Waals surface area contributed by atoms with Crippen LogP contribution in [0.25, 0.3) is 0 Å². The van der Waals surface area contributed by atoms with Crippen LogP contribution in [0, 0.1) is 0 Å². The molecule has 3 atom stereocenters. The molecule has 1 aromatic heterocycles. The van der Waals surface area contributed by atoms with Crippen LogP contribution >= 0.6 is 34.9 Å². The molecule has 4 heterocycles. The number of esters is 1. The van der Waals surface area contributed by atoms with Crippen molar-refractivity contribution in [2.75, 3.05) is 30.5 Å². The number of ether oxygens (including phenoxy) is 3. The van der Waals surface area contributed by atoms with Crippen LogP contribution < -0.4 is 10.6 Å². The Morgan fingerprint density at radius 2 is 1.42 bits per heavy atom. The van der Waals surface area contributed by atoms with Gasteiger partial charge in [0.15, 0.2) is 22.7 Å². The normalized spacial score (nSPS) is 19.3. The number of amides is 2. The second-order valence-corrected chi connectivity index (χ2v) is 19.5. The van der Waals surface area contributed by atoms with Crippen LogP contribution in [0.15, 0.2) is 173 Å². The van der Waals surface area contributed by atoms with E-state index < -0.39 is 46.6 Å². The van der Waals surface area contributed by atoms with E-state index in [0.717, 1.165) is 27.8 Å². The van der Waals surface area contributed by atoms with E-state index in [1.165, 1.54) is 46.9 Å². The number of oxime groups is 1. The highest BCUT2D eigenvalue weighted by atomic mass is 32.2. The molecule has 12 nitrogen and oxygen atoms in total. The number of benzene rings is 5. The third-order valence-corrected chi connectivity index (χ3v) is 15.1. The van der Waals surface area contributed by atoms with Gasteiger partial charge in [-0.25, -0.2) is 9.78 Å². The summed E-state index contributed by atoms with van der Waals surface area (Å²) in [6.07, 6.45) is -0.180. The zero-order valence-corrected chi connectivity index (χ0v) is 39.5. The van der Waals surface area contributed by atoms with Crippen molar-refractivity contribution in [1.82, 2.24) is 15.2 Å². The molecule has 0 spiro atoms. The minimum atomic E-state index is -0.981. The number of carbonyl (C=O) groups excluding carboxylic acids is 3. The number of hydrogen-bond donors (Lipinski definition) is 2. The zero-order valence-electron chi connectivity index (χ0n) is 37.1. The number of thiazole rings is 1. The SMILES string of the molecule is CON=C(C(=O)NC1C(=O)N2C(C(=O)OC(c3ccccc3)c3ccccc3)=C(SCC3CCOC(C)(C)O3)CS[C@@H]12)c1csc(NC(c2ccccc2)(c2ccccc2)c2ccccc2)n1. The van der Waals surface area contributed by atoms with E-state index in [1.807, 2.05) is 129 Å². The number of hydrogen-bond acceptors (Lipinski definition) is 13. The van der Waals surface area contributed by atoms with E-state index in [-0.39, 0.29) is 23.2 Å². The second kappa shape index (κ2) is 20.3. The topological polar surface area (TPSA) is 141 Å². The van der Waals surface area contributed by atoms with Gasteiger partial charge in [-0.3, -0.25) is 14.5 Å². The van der Waals surface area contributed by atoms with Crippen LogP contribution in [0.1, 0.15) is 59.9 Å². The molecule has 0 saturated carbocycles. The summed E-state index contributed by atoms with van der Waals surface area (Å²) < 4.78 is 18.4. The Hall–Kier alpha value is -6.23. The Bertz CT molecular complexity index is 2610. The molecule has 67 heavy (non-hydrogen) atoms. The van der Waals surface area contributed by atoms with Crippen molar-refractivity contribution in [3.8, 4) is 0 Å². The number of nitrogens with one attached hydrogen (secondary N) is 2. The van der Waals surface area contributed by atoms with Gasteiger partial charge in [-0.2, -0.15) is 0 Å². The fourth-order valence-electron chi connectivity index (χ4n) is 8.57. The van der Waals surface area contributed by atoms with E-state index in [2.05, 4.69) is 52.2 Å². The van der Waals surface area contributed by atoms with Gasteiger partial charge in [-0.1, -0.05) is 157 Å². The summed E-state index contributed by atoms with van der Waals surface area (Å²) in [5.41, 5.74) is 3.97. The summed E-state index contributed by atoms with van der Waals surface area (Å²) >= 11 is 4.25. The number of anilines is 1. The third kappa shape index (κ3) is 9.79. The number of β-lactam (4-membered cyclic amide) rings is 1. The van der Waals surface area contributed by atoms with Crippen LogP contribution in [-0.4, -0.2) is 81.9 Å². The molecule has 2 N–H and O–H groups in total. The monoisotopic (exact) mass is 951 g/mol. The average Bonchev–Trinajstić information content (AvgIpc) is 3.83. The molecule has 2 unspecified atom stereocenters. The molecule has 5 aromatic carbocycles. The highest BCUT2D eigenvalue weighted by molar-refractivity contribution is 8.06. The standard InChI is InChI=1S/C52H49N5O7S3/c1-51(2)62-30-29-39(64-51)31-65-41-33-66-48-43(47(59)57(48)44(41)49(60)63-45(34-19-9-4-10-20-34)35-21-11-5-12-22-35)54-46(58)42(56-61-3)40-32-67-50(53-40)55-52(36-23-13-6-14-24-36,37-25-15-7-16-26-37)38-27-17-8-18-28-38/h4-28,32,39,43,45,48H,29-31,33H2,1-3H3,(H,53,55)(H,54,58)/t39?,43?,48-/m0/s1. The highest BCUT2D eigenvalue weighted by Crippen LogP contribution is 2.46. The van der Waals surface area contributed by atoms with Gasteiger partial charge in [0.2, 0.25) is 0 Å². The maximum absolute atomic E-state index is 14.7. The molecule has 6 aromatic rings. The summed E-state index contributed by atoms with van der Waals surface area (Å²) in [6, 6.07) is 48.4. The number of aromatic nitrogens is 1. The molecule has 2 amide bonds. The molecule has 15 heteroatoms. The van der Waals surface area contributed by atoms with Crippen molar-refractivity contribution in [1.29, 1.82) is 0 Å². The van der Waals surface area contributed by atoms with Crippen molar-refractivity contribution >= 4 is 63.5 Å². The van der Waals surface area contributed by atoms with Crippen LogP contribution in [0.3, 0.4) is 0 Å². The lowest BCUT2D eigenvalue weighted by Gasteiger charge is -2.49. The number of nitrogens with zero attached hydrogens (tertiary/aromatic N) is 3. The first-order valence-corrected chi connectivity index (χ1v) is 24.8. The maximum Gasteiger partial charge on any atom is 0.356 e. The zero-order chi connectivity index (χ0) is 46.4. The van der Waals surface area contributed by atoms with Crippen LogP contribution in [0.2, 0.25) is 0 Å². The number of carbonyl (C=O) groups is 3. The fraction of sp³-hybridized carbons (Fsp3) is 0.250. The van der Waals surface area contributed by atoms with Gasteiger partial charge < -0.3 is 29.7 Å². The first-order chi connectivity index (χ1) is 32.6. The molecule has 3 aliphatic heterocycles. The van der Waals surface area contributed by atoms with Crippen LogP contribution in [0.4, 0.5) is 5.13 Å². The van der Waals surface area contributed by atoms with Crippen molar-refractivity contribution in [3.05, 3.63) is 201 Å². The van der Waals surface area contributed by atoms with E-state index >= 15 is 0 Å². The van der Waals surface area contributed by atoms with Gasteiger partial charge in [0.25, 0.3) is 11.8 Å². The van der Waals surface area contributed by atoms with Crippen LogP contribution in [-0.2, 0) is 39.0 Å². The quantitative estimate of drug-likeness (QED) is 0.0316. The minimum Gasteiger partial charge on any atom is -0.448 e. The molecule has 9 rings (SSSR count). The molecule has 3 aliphatic rings. The lowest BCUT2D eigenvalue weighted by atomic mass is 9.77. The number of fused-ring (bicyclic) bond motifs is 1. The lowest BCUT2D eigenvalue weighted by molar-refractivity contribution is -0.267. The number of thioether (sulfide) groups is 2.